The average molecular weight is 297 g/mol. The zero-order chi connectivity index (χ0) is 13.7. The molecule has 0 saturated heterocycles. The van der Waals surface area contributed by atoms with E-state index >= 15 is 0 Å². The van der Waals surface area contributed by atoms with Gasteiger partial charge in [0.05, 0.1) is 0 Å². The van der Waals surface area contributed by atoms with Crippen LogP contribution < -0.4 is 10.5 Å². The van der Waals surface area contributed by atoms with Gasteiger partial charge in [-0.15, -0.1) is 11.3 Å². The molecule has 5 heteroatoms. The molecule has 0 aliphatic heterocycles. The molecule has 0 amide bonds. The fourth-order valence-electron chi connectivity index (χ4n) is 1.74. The molecule has 2 rings (SSSR count). The SMILES string of the molecule is CCC(N)Cc1c(Cl)cccc1OCc1nccs1. The number of nitrogens with two attached hydrogens (primary N) is 1. The summed E-state index contributed by atoms with van der Waals surface area (Å²) in [6, 6.07) is 5.79. The molecular weight excluding hydrogens is 280 g/mol. The van der Waals surface area contributed by atoms with Crippen LogP contribution in [0.3, 0.4) is 0 Å². The molecule has 2 N–H and O–H groups in total. The molecule has 0 bridgehead atoms. The van der Waals surface area contributed by atoms with Crippen molar-refractivity contribution < 1.29 is 4.74 Å². The Hall–Kier alpha value is -1.10. The van der Waals surface area contributed by atoms with Crippen LogP contribution >= 0.6 is 22.9 Å². The lowest BCUT2D eigenvalue weighted by molar-refractivity contribution is 0.301. The summed E-state index contributed by atoms with van der Waals surface area (Å²) in [7, 11) is 0. The van der Waals surface area contributed by atoms with Gasteiger partial charge in [-0.05, 0) is 25.0 Å². The van der Waals surface area contributed by atoms with Crippen molar-refractivity contribution in [3.8, 4) is 5.75 Å². The smallest absolute Gasteiger partial charge is 0.140 e. The third kappa shape index (κ3) is 3.93. The van der Waals surface area contributed by atoms with Gasteiger partial charge in [-0.2, -0.15) is 0 Å². The monoisotopic (exact) mass is 296 g/mol. The van der Waals surface area contributed by atoms with Gasteiger partial charge in [-0.3, -0.25) is 0 Å². The van der Waals surface area contributed by atoms with Gasteiger partial charge in [-0.1, -0.05) is 24.6 Å². The number of thiazole rings is 1. The molecule has 19 heavy (non-hydrogen) atoms. The Morgan fingerprint density at radius 2 is 2.32 bits per heavy atom. The molecular formula is C14H17ClN2OS. The largest absolute Gasteiger partial charge is 0.486 e. The number of benzene rings is 1. The van der Waals surface area contributed by atoms with Crippen LogP contribution in [0.4, 0.5) is 0 Å². The van der Waals surface area contributed by atoms with E-state index in [0.29, 0.717) is 11.6 Å². The van der Waals surface area contributed by atoms with Gasteiger partial charge in [0.15, 0.2) is 0 Å². The first-order valence-electron chi connectivity index (χ1n) is 6.24. The number of nitrogens with zero attached hydrogens (tertiary/aromatic N) is 1. The summed E-state index contributed by atoms with van der Waals surface area (Å²) < 4.78 is 5.82. The zero-order valence-corrected chi connectivity index (χ0v) is 12.4. The highest BCUT2D eigenvalue weighted by Crippen LogP contribution is 2.28. The fourth-order valence-corrected chi connectivity index (χ4v) is 2.51. The molecule has 0 aliphatic carbocycles. The summed E-state index contributed by atoms with van der Waals surface area (Å²) >= 11 is 7.82. The molecule has 1 aromatic carbocycles. The highest BCUT2D eigenvalue weighted by molar-refractivity contribution is 7.09. The average Bonchev–Trinajstić information content (AvgIpc) is 2.92. The summed E-state index contributed by atoms with van der Waals surface area (Å²) in [5, 5.41) is 3.59. The molecule has 0 aliphatic rings. The molecule has 1 unspecified atom stereocenters. The van der Waals surface area contributed by atoms with Crippen LogP contribution in [0.1, 0.15) is 23.9 Å². The Kier molecular flexibility index (Phi) is 5.19. The second kappa shape index (κ2) is 6.89. The Labute approximate surface area is 122 Å². The van der Waals surface area contributed by atoms with Crippen molar-refractivity contribution >= 4 is 22.9 Å². The van der Waals surface area contributed by atoms with Gasteiger partial charge in [-0.25, -0.2) is 4.98 Å². The molecule has 2 aromatic rings. The highest BCUT2D eigenvalue weighted by Gasteiger charge is 2.12. The maximum absolute atomic E-state index is 6.24. The molecule has 1 heterocycles. The Morgan fingerprint density at radius 1 is 1.47 bits per heavy atom. The zero-order valence-electron chi connectivity index (χ0n) is 10.8. The Bertz CT molecular complexity index is 516. The first-order chi connectivity index (χ1) is 9.20. The second-order valence-electron chi connectivity index (χ2n) is 4.30. The van der Waals surface area contributed by atoms with Gasteiger partial charge >= 0.3 is 0 Å². The highest BCUT2D eigenvalue weighted by atomic mass is 35.5. The van der Waals surface area contributed by atoms with Crippen molar-refractivity contribution in [3.63, 3.8) is 0 Å². The van der Waals surface area contributed by atoms with Crippen LogP contribution in [-0.4, -0.2) is 11.0 Å². The van der Waals surface area contributed by atoms with E-state index in [1.54, 1.807) is 17.5 Å². The normalized spacial score (nSPS) is 12.4. The summed E-state index contributed by atoms with van der Waals surface area (Å²) in [6.07, 6.45) is 3.41. The predicted molar refractivity (Wildman–Crippen MR) is 79.9 cm³/mol. The predicted octanol–water partition coefficient (Wildman–Crippen LogP) is 3.66. The standard InChI is InChI=1S/C14H17ClN2OS/c1-2-10(16)8-11-12(15)4-3-5-13(11)18-9-14-17-6-7-19-14/h3-7,10H,2,8-9,16H2,1H3. The molecule has 0 spiro atoms. The van der Waals surface area contributed by atoms with E-state index in [4.69, 9.17) is 22.1 Å². The summed E-state index contributed by atoms with van der Waals surface area (Å²) in [5.41, 5.74) is 6.99. The van der Waals surface area contributed by atoms with Crippen molar-refractivity contribution in [2.45, 2.75) is 32.4 Å². The summed E-state index contributed by atoms with van der Waals surface area (Å²) in [5.74, 6) is 0.798. The van der Waals surface area contributed by atoms with Crippen molar-refractivity contribution in [2.75, 3.05) is 0 Å². The van der Waals surface area contributed by atoms with E-state index < -0.39 is 0 Å². The van der Waals surface area contributed by atoms with Crippen LogP contribution in [-0.2, 0) is 13.0 Å². The molecule has 1 atom stereocenters. The minimum absolute atomic E-state index is 0.0992. The number of hydrogen-bond donors (Lipinski definition) is 1. The molecule has 1 aromatic heterocycles. The van der Waals surface area contributed by atoms with E-state index in [0.717, 1.165) is 29.2 Å². The number of aromatic nitrogens is 1. The van der Waals surface area contributed by atoms with E-state index in [2.05, 4.69) is 11.9 Å². The Morgan fingerprint density at radius 3 is 3.00 bits per heavy atom. The lowest BCUT2D eigenvalue weighted by Crippen LogP contribution is -2.22. The second-order valence-corrected chi connectivity index (χ2v) is 5.69. The van der Waals surface area contributed by atoms with Crippen LogP contribution in [0.5, 0.6) is 5.75 Å². The number of rotatable bonds is 6. The fraction of sp³-hybridized carbons (Fsp3) is 0.357. The van der Waals surface area contributed by atoms with E-state index in [1.807, 2.05) is 23.6 Å². The maximum atomic E-state index is 6.24. The van der Waals surface area contributed by atoms with Crippen LogP contribution in [0, 0.1) is 0 Å². The molecule has 3 nitrogen and oxygen atoms in total. The Balaban J connectivity index is 2.12. The number of ether oxygens (including phenoxy) is 1. The molecule has 0 fully saturated rings. The minimum atomic E-state index is 0.0992. The van der Waals surface area contributed by atoms with E-state index in [9.17, 15) is 0 Å². The van der Waals surface area contributed by atoms with Gasteiger partial charge in [0.1, 0.15) is 17.4 Å². The minimum Gasteiger partial charge on any atom is -0.486 e. The van der Waals surface area contributed by atoms with Gasteiger partial charge in [0, 0.05) is 28.2 Å². The van der Waals surface area contributed by atoms with Crippen LogP contribution in [0.25, 0.3) is 0 Å². The number of hydrogen-bond acceptors (Lipinski definition) is 4. The van der Waals surface area contributed by atoms with Gasteiger partial charge in [0.2, 0.25) is 0 Å². The van der Waals surface area contributed by atoms with E-state index in [1.165, 1.54) is 0 Å². The molecule has 102 valence electrons. The molecule has 0 saturated carbocycles. The summed E-state index contributed by atoms with van der Waals surface area (Å²) in [6.45, 7) is 2.53. The molecule has 0 radical (unpaired) electrons. The summed E-state index contributed by atoms with van der Waals surface area (Å²) in [4.78, 5) is 4.20. The quantitative estimate of drug-likeness (QED) is 0.885. The van der Waals surface area contributed by atoms with Crippen molar-refractivity contribution in [1.29, 1.82) is 0 Å². The third-order valence-corrected chi connectivity index (χ3v) is 4.01. The van der Waals surface area contributed by atoms with E-state index in [-0.39, 0.29) is 6.04 Å². The van der Waals surface area contributed by atoms with Crippen molar-refractivity contribution in [1.82, 2.24) is 4.98 Å². The number of halogens is 1. The lowest BCUT2D eigenvalue weighted by atomic mass is 10.0. The first-order valence-corrected chi connectivity index (χ1v) is 7.50. The van der Waals surface area contributed by atoms with Crippen LogP contribution in [0.2, 0.25) is 5.02 Å². The third-order valence-electron chi connectivity index (χ3n) is 2.90. The van der Waals surface area contributed by atoms with Gasteiger partial charge in [0.25, 0.3) is 0 Å². The van der Waals surface area contributed by atoms with Gasteiger partial charge < -0.3 is 10.5 Å². The van der Waals surface area contributed by atoms with Crippen molar-refractivity contribution in [3.05, 3.63) is 45.4 Å². The lowest BCUT2D eigenvalue weighted by Gasteiger charge is -2.15. The topological polar surface area (TPSA) is 48.1 Å². The van der Waals surface area contributed by atoms with Crippen molar-refractivity contribution in [2.24, 2.45) is 5.73 Å². The first kappa shape index (κ1) is 14.3. The van der Waals surface area contributed by atoms with Crippen LogP contribution in [0.15, 0.2) is 29.8 Å². The maximum Gasteiger partial charge on any atom is 0.140 e.